The summed E-state index contributed by atoms with van der Waals surface area (Å²) in [5.41, 5.74) is 1.23. The van der Waals surface area contributed by atoms with E-state index in [-0.39, 0.29) is 23.5 Å². The summed E-state index contributed by atoms with van der Waals surface area (Å²) in [6.07, 6.45) is 4.33. The monoisotopic (exact) mass is 344 g/mol. The molecule has 3 fully saturated rings. The third kappa shape index (κ3) is 3.07. The van der Waals surface area contributed by atoms with Gasteiger partial charge >= 0.3 is 0 Å². The van der Waals surface area contributed by atoms with Crippen molar-refractivity contribution >= 4 is 5.91 Å². The fourth-order valence-electron chi connectivity index (χ4n) is 4.85. The van der Waals surface area contributed by atoms with Crippen molar-refractivity contribution in [1.29, 1.82) is 0 Å². The van der Waals surface area contributed by atoms with Crippen LogP contribution >= 0.6 is 0 Å². The zero-order valence-electron chi connectivity index (χ0n) is 15.1. The predicted octanol–water partition coefficient (Wildman–Crippen LogP) is 0.569. The lowest BCUT2D eigenvalue weighted by Gasteiger charge is -2.61. The number of rotatable bonds is 3. The van der Waals surface area contributed by atoms with E-state index in [0.717, 1.165) is 45.7 Å². The summed E-state index contributed by atoms with van der Waals surface area (Å²) in [7, 11) is 0. The number of amides is 1. The van der Waals surface area contributed by atoms with E-state index in [2.05, 4.69) is 20.9 Å². The quantitative estimate of drug-likeness (QED) is 0.869. The molecule has 3 aliphatic rings. The lowest BCUT2D eigenvalue weighted by atomic mass is 9.83. The highest BCUT2D eigenvalue weighted by Gasteiger charge is 2.57. The Balaban J connectivity index is 1.50. The molecule has 136 valence electrons. The van der Waals surface area contributed by atoms with Gasteiger partial charge in [-0.3, -0.25) is 19.6 Å². The van der Waals surface area contributed by atoms with E-state index in [9.17, 15) is 9.90 Å². The first-order chi connectivity index (χ1) is 12.0. The van der Waals surface area contributed by atoms with Gasteiger partial charge in [-0.2, -0.15) is 0 Å². The first kappa shape index (κ1) is 16.9. The van der Waals surface area contributed by atoms with Crippen molar-refractivity contribution in [3.63, 3.8) is 0 Å². The third-order valence-corrected chi connectivity index (χ3v) is 5.89. The van der Waals surface area contributed by atoms with Crippen LogP contribution in [0.3, 0.4) is 0 Å². The van der Waals surface area contributed by atoms with Gasteiger partial charge in [0.25, 0.3) is 0 Å². The molecule has 4 heterocycles. The molecule has 1 amide bonds. The summed E-state index contributed by atoms with van der Waals surface area (Å²) in [5, 5.41) is 10.2. The number of aliphatic hydroxyl groups is 1. The van der Waals surface area contributed by atoms with E-state index in [4.69, 9.17) is 0 Å². The van der Waals surface area contributed by atoms with Crippen molar-refractivity contribution in [2.45, 2.75) is 44.5 Å². The fraction of sp³-hybridized carbons (Fsp3) is 0.684. The number of pyridine rings is 1. The molecule has 0 aliphatic carbocycles. The van der Waals surface area contributed by atoms with Crippen LogP contribution in [0.1, 0.15) is 25.8 Å². The Morgan fingerprint density at radius 2 is 2.16 bits per heavy atom. The van der Waals surface area contributed by atoms with Crippen molar-refractivity contribution < 1.29 is 9.90 Å². The molecule has 0 saturated carbocycles. The van der Waals surface area contributed by atoms with Crippen molar-refractivity contribution in [3.8, 4) is 0 Å². The number of β-amino-alcohol motifs (C(OH)–C–C–N with tert-alkyl or cyclic N) is 1. The average molecular weight is 344 g/mol. The number of nitrogens with zero attached hydrogens (tertiary/aromatic N) is 4. The van der Waals surface area contributed by atoms with E-state index in [1.165, 1.54) is 5.56 Å². The molecule has 6 nitrogen and oxygen atoms in total. The third-order valence-electron chi connectivity index (χ3n) is 5.89. The Hall–Kier alpha value is -1.50. The van der Waals surface area contributed by atoms with Gasteiger partial charge in [-0.25, -0.2) is 0 Å². The number of aromatic nitrogens is 1. The maximum atomic E-state index is 12.3. The van der Waals surface area contributed by atoms with Gasteiger partial charge in [-0.05, 0) is 18.1 Å². The molecule has 2 atom stereocenters. The maximum Gasteiger partial charge on any atom is 0.225 e. The summed E-state index contributed by atoms with van der Waals surface area (Å²) in [4.78, 5) is 23.5. The van der Waals surface area contributed by atoms with Crippen LogP contribution in [0.25, 0.3) is 0 Å². The number of hydrogen-bond acceptors (Lipinski definition) is 5. The first-order valence-corrected chi connectivity index (χ1v) is 9.32. The number of piperazine rings is 1. The van der Waals surface area contributed by atoms with Crippen LogP contribution < -0.4 is 0 Å². The van der Waals surface area contributed by atoms with Crippen LogP contribution in [0.4, 0.5) is 0 Å². The molecule has 0 bridgehead atoms. The summed E-state index contributed by atoms with van der Waals surface area (Å²) in [5.74, 6) is 0.290. The lowest BCUT2D eigenvalue weighted by Crippen LogP contribution is -2.78. The molecule has 0 aromatic carbocycles. The summed E-state index contributed by atoms with van der Waals surface area (Å²) < 4.78 is 0. The number of likely N-dealkylation sites (tertiary alicyclic amines) is 1. The van der Waals surface area contributed by atoms with Crippen molar-refractivity contribution in [3.05, 3.63) is 30.1 Å². The minimum Gasteiger partial charge on any atom is -0.392 e. The average Bonchev–Trinajstić information content (AvgIpc) is 2.92. The molecule has 1 spiro atoms. The number of carbonyl (C=O) groups is 1. The SMILES string of the molecule is CC(C)C(=O)N1CC2(CN(Cc3cccnc3)C[C@H]3C[C@@H](O)CN32)C1. The van der Waals surface area contributed by atoms with Crippen molar-refractivity contribution in [2.75, 3.05) is 32.7 Å². The molecular formula is C19H28N4O2. The number of fused-ring (bicyclic) bond motifs is 2. The van der Waals surface area contributed by atoms with Gasteiger partial charge in [-0.15, -0.1) is 0 Å². The molecule has 1 aromatic heterocycles. The second-order valence-corrected chi connectivity index (χ2v) is 8.30. The normalized spacial score (nSPS) is 29.0. The Labute approximate surface area is 149 Å². The zero-order valence-corrected chi connectivity index (χ0v) is 15.1. The molecule has 3 aliphatic heterocycles. The Kier molecular flexibility index (Phi) is 4.30. The molecule has 0 radical (unpaired) electrons. The van der Waals surface area contributed by atoms with E-state index >= 15 is 0 Å². The first-order valence-electron chi connectivity index (χ1n) is 9.32. The van der Waals surface area contributed by atoms with Crippen molar-refractivity contribution in [1.82, 2.24) is 19.7 Å². The standard InChI is InChI=1S/C19H28N4O2/c1-14(2)18(25)22-12-19(13-22)11-21(8-15-4-3-5-20-7-15)9-16-6-17(24)10-23(16)19/h3-5,7,14,16-17,24H,6,8-13H2,1-2H3/t16-,17-/m1/s1. The van der Waals surface area contributed by atoms with Crippen LogP contribution in [0.15, 0.2) is 24.5 Å². The van der Waals surface area contributed by atoms with Gasteiger partial charge in [0.15, 0.2) is 0 Å². The second kappa shape index (κ2) is 6.34. The van der Waals surface area contributed by atoms with E-state index in [1.54, 1.807) is 6.20 Å². The number of carbonyl (C=O) groups excluding carboxylic acids is 1. The molecule has 25 heavy (non-hydrogen) atoms. The fourth-order valence-corrected chi connectivity index (χ4v) is 4.85. The Morgan fingerprint density at radius 1 is 1.36 bits per heavy atom. The van der Waals surface area contributed by atoms with Crippen LogP contribution in [-0.4, -0.2) is 81.1 Å². The number of aliphatic hydroxyl groups excluding tert-OH is 1. The van der Waals surface area contributed by atoms with Crippen LogP contribution in [0.2, 0.25) is 0 Å². The highest BCUT2D eigenvalue weighted by atomic mass is 16.3. The maximum absolute atomic E-state index is 12.3. The molecule has 1 aromatic rings. The molecule has 3 saturated heterocycles. The Bertz CT molecular complexity index is 630. The lowest BCUT2D eigenvalue weighted by molar-refractivity contribution is -0.159. The minimum atomic E-state index is -0.241. The minimum absolute atomic E-state index is 0.00710. The van der Waals surface area contributed by atoms with E-state index in [0.29, 0.717) is 6.04 Å². The summed E-state index contributed by atoms with van der Waals surface area (Å²) in [6.45, 7) is 9.06. The smallest absolute Gasteiger partial charge is 0.225 e. The molecule has 0 unspecified atom stereocenters. The molecule has 1 N–H and O–H groups in total. The van der Waals surface area contributed by atoms with Gasteiger partial charge in [0.05, 0.1) is 11.6 Å². The van der Waals surface area contributed by atoms with Crippen molar-refractivity contribution in [2.24, 2.45) is 5.92 Å². The van der Waals surface area contributed by atoms with Gasteiger partial charge in [0, 0.05) is 63.6 Å². The summed E-state index contributed by atoms with van der Waals surface area (Å²) in [6, 6.07) is 4.48. The predicted molar refractivity (Wildman–Crippen MR) is 94.8 cm³/mol. The largest absolute Gasteiger partial charge is 0.392 e. The molecule has 6 heteroatoms. The van der Waals surface area contributed by atoms with Gasteiger partial charge in [-0.1, -0.05) is 19.9 Å². The van der Waals surface area contributed by atoms with Crippen LogP contribution in [0, 0.1) is 5.92 Å². The molecular weight excluding hydrogens is 316 g/mol. The highest BCUT2D eigenvalue weighted by molar-refractivity contribution is 5.79. The van der Waals surface area contributed by atoms with E-state index < -0.39 is 0 Å². The summed E-state index contributed by atoms with van der Waals surface area (Å²) >= 11 is 0. The molecule has 4 rings (SSSR count). The van der Waals surface area contributed by atoms with Crippen LogP contribution in [-0.2, 0) is 11.3 Å². The van der Waals surface area contributed by atoms with Gasteiger partial charge in [0.2, 0.25) is 5.91 Å². The van der Waals surface area contributed by atoms with E-state index in [1.807, 2.05) is 31.0 Å². The van der Waals surface area contributed by atoms with Crippen LogP contribution in [0.5, 0.6) is 0 Å². The topological polar surface area (TPSA) is 59.9 Å². The number of hydrogen-bond donors (Lipinski definition) is 1. The zero-order chi connectivity index (χ0) is 17.6. The highest BCUT2D eigenvalue weighted by Crippen LogP contribution is 2.39. The van der Waals surface area contributed by atoms with Gasteiger partial charge < -0.3 is 10.0 Å². The second-order valence-electron chi connectivity index (χ2n) is 8.30. The van der Waals surface area contributed by atoms with Gasteiger partial charge in [0.1, 0.15) is 0 Å². The Morgan fingerprint density at radius 3 is 2.84 bits per heavy atom.